The molecular formula is C13H28N2O. The van der Waals surface area contributed by atoms with E-state index >= 15 is 0 Å². The van der Waals surface area contributed by atoms with Crippen molar-refractivity contribution in [3.8, 4) is 0 Å². The van der Waals surface area contributed by atoms with E-state index in [2.05, 4.69) is 45.1 Å². The molecule has 0 aromatic rings. The number of likely N-dealkylation sites (N-methyl/N-ethyl adjacent to an activating group) is 1. The van der Waals surface area contributed by atoms with Crippen LogP contribution in [0.1, 0.15) is 40.0 Å². The molecule has 0 aromatic heterocycles. The second-order valence-electron chi connectivity index (χ2n) is 5.56. The predicted molar refractivity (Wildman–Crippen MR) is 68.8 cm³/mol. The summed E-state index contributed by atoms with van der Waals surface area (Å²) in [5.41, 5.74) is 0.0945. The van der Waals surface area contributed by atoms with Gasteiger partial charge in [-0.3, -0.25) is 0 Å². The van der Waals surface area contributed by atoms with Gasteiger partial charge in [-0.2, -0.15) is 0 Å². The van der Waals surface area contributed by atoms with E-state index in [1.165, 1.54) is 0 Å². The predicted octanol–water partition coefficient (Wildman–Crippen LogP) is 1.87. The molecule has 16 heavy (non-hydrogen) atoms. The molecule has 0 aromatic carbocycles. The second kappa shape index (κ2) is 5.99. The molecule has 1 aliphatic rings. The summed E-state index contributed by atoms with van der Waals surface area (Å²) in [6.07, 6.45) is 3.40. The fourth-order valence-electron chi connectivity index (χ4n) is 2.07. The van der Waals surface area contributed by atoms with Crippen LogP contribution in [0.2, 0.25) is 0 Å². The highest BCUT2D eigenvalue weighted by molar-refractivity contribution is 4.86. The van der Waals surface area contributed by atoms with Gasteiger partial charge in [0.15, 0.2) is 0 Å². The third-order valence-corrected chi connectivity index (χ3v) is 3.93. The van der Waals surface area contributed by atoms with Crippen molar-refractivity contribution < 1.29 is 4.74 Å². The zero-order valence-electron chi connectivity index (χ0n) is 11.5. The molecule has 0 radical (unpaired) electrons. The van der Waals surface area contributed by atoms with Gasteiger partial charge in [-0.1, -0.05) is 6.92 Å². The molecule has 1 fully saturated rings. The van der Waals surface area contributed by atoms with Gasteiger partial charge in [-0.15, -0.1) is 0 Å². The number of ether oxygens (including phenoxy) is 1. The molecule has 0 saturated carbocycles. The lowest BCUT2D eigenvalue weighted by atomic mass is 9.90. The minimum Gasteiger partial charge on any atom is -0.375 e. The highest BCUT2D eigenvalue weighted by Crippen LogP contribution is 2.27. The SMILES string of the molecule is CCC1(C)CC(NCC(C)N(C)C)CCO1. The van der Waals surface area contributed by atoms with E-state index in [1.54, 1.807) is 0 Å². The summed E-state index contributed by atoms with van der Waals surface area (Å²) >= 11 is 0. The van der Waals surface area contributed by atoms with Gasteiger partial charge >= 0.3 is 0 Å². The summed E-state index contributed by atoms with van der Waals surface area (Å²) in [5.74, 6) is 0. The molecule has 0 aliphatic carbocycles. The first-order chi connectivity index (χ1) is 7.47. The smallest absolute Gasteiger partial charge is 0.0666 e. The Morgan fingerprint density at radius 1 is 1.50 bits per heavy atom. The molecule has 3 heteroatoms. The first-order valence-electron chi connectivity index (χ1n) is 6.50. The van der Waals surface area contributed by atoms with Crippen LogP contribution in [0.3, 0.4) is 0 Å². The van der Waals surface area contributed by atoms with Gasteiger partial charge in [0, 0.05) is 25.2 Å². The molecule has 96 valence electrons. The zero-order chi connectivity index (χ0) is 12.2. The van der Waals surface area contributed by atoms with Crippen molar-refractivity contribution in [1.29, 1.82) is 0 Å². The van der Waals surface area contributed by atoms with Crippen molar-refractivity contribution in [3.05, 3.63) is 0 Å². The van der Waals surface area contributed by atoms with Crippen LogP contribution in [0.4, 0.5) is 0 Å². The fraction of sp³-hybridized carbons (Fsp3) is 1.00. The molecule has 1 rings (SSSR count). The molecule has 3 nitrogen and oxygen atoms in total. The molecule has 3 atom stereocenters. The van der Waals surface area contributed by atoms with Crippen LogP contribution in [0.15, 0.2) is 0 Å². The largest absolute Gasteiger partial charge is 0.375 e. The van der Waals surface area contributed by atoms with Crippen LogP contribution in [0.5, 0.6) is 0 Å². The van der Waals surface area contributed by atoms with Crippen molar-refractivity contribution >= 4 is 0 Å². The third-order valence-electron chi connectivity index (χ3n) is 3.93. The molecule has 0 bridgehead atoms. The van der Waals surface area contributed by atoms with Gasteiger partial charge in [-0.25, -0.2) is 0 Å². The zero-order valence-corrected chi connectivity index (χ0v) is 11.5. The van der Waals surface area contributed by atoms with E-state index in [9.17, 15) is 0 Å². The van der Waals surface area contributed by atoms with Crippen LogP contribution >= 0.6 is 0 Å². The molecule has 0 spiro atoms. The van der Waals surface area contributed by atoms with Gasteiger partial charge in [0.1, 0.15) is 0 Å². The minimum absolute atomic E-state index is 0.0945. The Morgan fingerprint density at radius 2 is 2.19 bits per heavy atom. The summed E-state index contributed by atoms with van der Waals surface area (Å²) in [6, 6.07) is 1.22. The van der Waals surface area contributed by atoms with E-state index in [0.717, 1.165) is 32.4 Å². The molecule has 1 aliphatic heterocycles. The maximum Gasteiger partial charge on any atom is 0.0666 e. The van der Waals surface area contributed by atoms with E-state index in [1.807, 2.05) is 0 Å². The fourth-order valence-corrected chi connectivity index (χ4v) is 2.07. The van der Waals surface area contributed by atoms with Crippen molar-refractivity contribution in [3.63, 3.8) is 0 Å². The molecule has 3 unspecified atom stereocenters. The van der Waals surface area contributed by atoms with Gasteiger partial charge in [0.25, 0.3) is 0 Å². The Bertz CT molecular complexity index is 208. The van der Waals surface area contributed by atoms with Crippen LogP contribution in [0.25, 0.3) is 0 Å². The lowest BCUT2D eigenvalue weighted by molar-refractivity contribution is -0.0782. The van der Waals surface area contributed by atoms with Crippen molar-refractivity contribution in [2.45, 2.75) is 57.7 Å². The summed E-state index contributed by atoms with van der Waals surface area (Å²) < 4.78 is 5.85. The molecule has 1 saturated heterocycles. The van der Waals surface area contributed by atoms with Gasteiger partial charge in [0.05, 0.1) is 5.60 Å². The van der Waals surface area contributed by atoms with Crippen LogP contribution in [-0.2, 0) is 4.74 Å². The standard InChI is InChI=1S/C13H28N2O/c1-6-13(3)9-12(7-8-16-13)14-10-11(2)15(4)5/h11-12,14H,6-10H2,1-5H3. The number of hydrogen-bond acceptors (Lipinski definition) is 3. The number of nitrogens with zero attached hydrogens (tertiary/aromatic N) is 1. The molecule has 1 N–H and O–H groups in total. The van der Waals surface area contributed by atoms with E-state index in [4.69, 9.17) is 4.74 Å². The van der Waals surface area contributed by atoms with Crippen molar-refractivity contribution in [2.75, 3.05) is 27.2 Å². The lowest BCUT2D eigenvalue weighted by Crippen LogP contribution is -2.48. The molecule has 1 heterocycles. The summed E-state index contributed by atoms with van der Waals surface area (Å²) in [7, 11) is 4.26. The van der Waals surface area contributed by atoms with E-state index in [-0.39, 0.29) is 5.60 Å². The average Bonchev–Trinajstić information content (AvgIpc) is 2.26. The van der Waals surface area contributed by atoms with Gasteiger partial charge in [-0.05, 0) is 47.2 Å². The third kappa shape index (κ3) is 4.04. The van der Waals surface area contributed by atoms with Gasteiger partial charge < -0.3 is 15.0 Å². The lowest BCUT2D eigenvalue weighted by Gasteiger charge is -2.38. The first-order valence-corrected chi connectivity index (χ1v) is 6.50. The quantitative estimate of drug-likeness (QED) is 0.777. The normalized spacial score (nSPS) is 33.0. The number of nitrogens with one attached hydrogen (secondary N) is 1. The Balaban J connectivity index is 2.32. The van der Waals surface area contributed by atoms with Crippen LogP contribution in [0, 0.1) is 0 Å². The molecular weight excluding hydrogens is 200 g/mol. The Morgan fingerprint density at radius 3 is 2.75 bits per heavy atom. The summed E-state index contributed by atoms with van der Waals surface area (Å²) in [4.78, 5) is 2.26. The van der Waals surface area contributed by atoms with Crippen molar-refractivity contribution in [1.82, 2.24) is 10.2 Å². The van der Waals surface area contributed by atoms with Gasteiger partial charge in [0.2, 0.25) is 0 Å². The topological polar surface area (TPSA) is 24.5 Å². The maximum absolute atomic E-state index is 5.85. The Labute approximate surface area is 101 Å². The highest BCUT2D eigenvalue weighted by Gasteiger charge is 2.31. The minimum atomic E-state index is 0.0945. The summed E-state index contributed by atoms with van der Waals surface area (Å²) in [6.45, 7) is 8.67. The first kappa shape index (κ1) is 13.9. The Kier molecular flexibility index (Phi) is 5.22. The van der Waals surface area contributed by atoms with Crippen molar-refractivity contribution in [2.24, 2.45) is 0 Å². The molecule has 0 amide bonds. The maximum atomic E-state index is 5.85. The number of hydrogen-bond donors (Lipinski definition) is 1. The van der Waals surface area contributed by atoms with E-state index in [0.29, 0.717) is 12.1 Å². The monoisotopic (exact) mass is 228 g/mol. The number of rotatable bonds is 5. The second-order valence-corrected chi connectivity index (χ2v) is 5.56. The van der Waals surface area contributed by atoms with Crippen LogP contribution in [-0.4, -0.2) is 49.8 Å². The highest BCUT2D eigenvalue weighted by atomic mass is 16.5. The van der Waals surface area contributed by atoms with E-state index < -0.39 is 0 Å². The van der Waals surface area contributed by atoms with Crippen LogP contribution < -0.4 is 5.32 Å². The summed E-state index contributed by atoms with van der Waals surface area (Å²) in [5, 5.41) is 3.67. The Hall–Kier alpha value is -0.120. The average molecular weight is 228 g/mol.